The van der Waals surface area contributed by atoms with Crippen LogP contribution in [0.5, 0.6) is 0 Å². The Morgan fingerprint density at radius 2 is 0.935 bits per heavy atom. The van der Waals surface area contributed by atoms with Crippen molar-refractivity contribution in [3.8, 4) is 0 Å². The second kappa shape index (κ2) is 23.3. The first-order valence-corrected chi connectivity index (χ1v) is 13.1. The van der Waals surface area contributed by atoms with Crippen LogP contribution in [-0.4, -0.2) is 23.7 Å². The minimum atomic E-state index is -1.05. The predicted octanol–water partition coefficient (Wildman–Crippen LogP) is 8.38. The standard InChI is InChI=1S/C27H50O4/c1-3-4-5-6-7-8-9-10-11-12-13-14-15-16-17-18-19-20-21-22-23-31-27(30)25(2)24-26(28)29/h2-24H2,1H3,(H,28,29). The number of carbonyl (C=O) groups is 2. The molecule has 0 aliphatic carbocycles. The Balaban J connectivity index is 3.16. The molecule has 0 bridgehead atoms. The summed E-state index contributed by atoms with van der Waals surface area (Å²) < 4.78 is 5.04. The minimum Gasteiger partial charge on any atom is -0.481 e. The highest BCUT2D eigenvalue weighted by atomic mass is 16.5. The van der Waals surface area contributed by atoms with Crippen molar-refractivity contribution >= 4 is 11.9 Å². The Morgan fingerprint density at radius 3 is 1.26 bits per heavy atom. The molecule has 0 radical (unpaired) electrons. The summed E-state index contributed by atoms with van der Waals surface area (Å²) in [7, 11) is 0. The summed E-state index contributed by atoms with van der Waals surface area (Å²) in [5.41, 5.74) is 0.0145. The van der Waals surface area contributed by atoms with Gasteiger partial charge in [-0.3, -0.25) is 4.79 Å². The van der Waals surface area contributed by atoms with Crippen molar-refractivity contribution < 1.29 is 19.4 Å². The Bertz CT molecular complexity index is 445. The normalized spacial score (nSPS) is 10.9. The van der Waals surface area contributed by atoms with E-state index in [1.807, 2.05) is 0 Å². The van der Waals surface area contributed by atoms with Gasteiger partial charge in [0, 0.05) is 5.57 Å². The molecule has 4 nitrogen and oxygen atoms in total. The fourth-order valence-corrected chi connectivity index (χ4v) is 3.88. The van der Waals surface area contributed by atoms with E-state index in [2.05, 4.69) is 13.5 Å². The second-order valence-corrected chi connectivity index (χ2v) is 9.03. The van der Waals surface area contributed by atoms with Crippen LogP contribution >= 0.6 is 0 Å². The van der Waals surface area contributed by atoms with E-state index in [1.54, 1.807) is 0 Å². The summed E-state index contributed by atoms with van der Waals surface area (Å²) >= 11 is 0. The van der Waals surface area contributed by atoms with Crippen LogP contribution in [0.2, 0.25) is 0 Å². The Hall–Kier alpha value is -1.32. The van der Waals surface area contributed by atoms with Crippen LogP contribution < -0.4 is 0 Å². The van der Waals surface area contributed by atoms with Crippen LogP contribution in [0.25, 0.3) is 0 Å². The molecule has 182 valence electrons. The van der Waals surface area contributed by atoms with Gasteiger partial charge >= 0.3 is 11.9 Å². The third-order valence-corrected chi connectivity index (χ3v) is 5.88. The van der Waals surface area contributed by atoms with Crippen LogP contribution in [-0.2, 0) is 14.3 Å². The first kappa shape index (κ1) is 29.7. The summed E-state index contributed by atoms with van der Waals surface area (Å²) in [6.07, 6.45) is 26.4. The maximum absolute atomic E-state index is 11.5. The fraction of sp³-hybridized carbons (Fsp3) is 0.852. The molecular weight excluding hydrogens is 388 g/mol. The van der Waals surface area contributed by atoms with Crippen LogP contribution in [0.3, 0.4) is 0 Å². The third-order valence-electron chi connectivity index (χ3n) is 5.88. The van der Waals surface area contributed by atoms with E-state index in [9.17, 15) is 9.59 Å². The minimum absolute atomic E-state index is 0.0145. The zero-order valence-electron chi connectivity index (χ0n) is 20.4. The number of hydrogen-bond acceptors (Lipinski definition) is 3. The molecule has 4 heteroatoms. The molecular formula is C27H50O4. The molecule has 0 fully saturated rings. The molecule has 0 atom stereocenters. The summed E-state index contributed by atoms with van der Waals surface area (Å²) in [4.78, 5) is 22.0. The average molecular weight is 439 g/mol. The molecule has 1 N–H and O–H groups in total. The van der Waals surface area contributed by atoms with Gasteiger partial charge in [0.1, 0.15) is 0 Å². The number of hydrogen-bond donors (Lipinski definition) is 1. The lowest BCUT2D eigenvalue weighted by Gasteiger charge is -2.06. The second-order valence-electron chi connectivity index (χ2n) is 9.03. The lowest BCUT2D eigenvalue weighted by molar-refractivity contribution is -0.142. The van der Waals surface area contributed by atoms with Crippen molar-refractivity contribution in [2.24, 2.45) is 0 Å². The topological polar surface area (TPSA) is 63.6 Å². The molecule has 0 aromatic rings. The molecule has 0 aromatic heterocycles. The molecule has 0 heterocycles. The van der Waals surface area contributed by atoms with Crippen LogP contribution in [0.15, 0.2) is 12.2 Å². The van der Waals surface area contributed by atoms with E-state index in [0.717, 1.165) is 12.8 Å². The van der Waals surface area contributed by atoms with Crippen molar-refractivity contribution in [1.82, 2.24) is 0 Å². The van der Waals surface area contributed by atoms with Gasteiger partial charge in [-0.15, -0.1) is 0 Å². The maximum atomic E-state index is 11.5. The number of carboxylic acid groups (broad SMARTS) is 1. The highest BCUT2D eigenvalue weighted by Crippen LogP contribution is 2.15. The van der Waals surface area contributed by atoms with Gasteiger partial charge in [-0.2, -0.15) is 0 Å². The van der Waals surface area contributed by atoms with E-state index in [4.69, 9.17) is 9.84 Å². The van der Waals surface area contributed by atoms with E-state index in [1.165, 1.54) is 116 Å². The van der Waals surface area contributed by atoms with Gasteiger partial charge in [-0.1, -0.05) is 135 Å². The van der Waals surface area contributed by atoms with Gasteiger partial charge < -0.3 is 9.84 Å². The number of ether oxygens (including phenoxy) is 1. The molecule has 0 aliphatic rings. The monoisotopic (exact) mass is 438 g/mol. The average Bonchev–Trinajstić information content (AvgIpc) is 2.74. The molecule has 0 saturated heterocycles. The lowest BCUT2D eigenvalue weighted by Crippen LogP contribution is -2.11. The van der Waals surface area contributed by atoms with E-state index in [-0.39, 0.29) is 12.0 Å². The molecule has 0 aliphatic heterocycles. The summed E-state index contributed by atoms with van der Waals surface area (Å²) in [5.74, 6) is -1.64. The largest absolute Gasteiger partial charge is 0.481 e. The van der Waals surface area contributed by atoms with Crippen LogP contribution in [0.4, 0.5) is 0 Å². The smallest absolute Gasteiger partial charge is 0.333 e. The maximum Gasteiger partial charge on any atom is 0.333 e. The zero-order valence-corrected chi connectivity index (χ0v) is 20.4. The van der Waals surface area contributed by atoms with Crippen molar-refractivity contribution in [3.05, 3.63) is 12.2 Å². The first-order valence-electron chi connectivity index (χ1n) is 13.1. The number of esters is 1. The highest BCUT2D eigenvalue weighted by Gasteiger charge is 2.11. The summed E-state index contributed by atoms with van der Waals surface area (Å²) in [6, 6.07) is 0. The highest BCUT2D eigenvalue weighted by molar-refractivity contribution is 5.92. The van der Waals surface area contributed by atoms with E-state index in [0.29, 0.717) is 6.61 Å². The summed E-state index contributed by atoms with van der Waals surface area (Å²) in [6.45, 7) is 6.08. The van der Waals surface area contributed by atoms with Gasteiger partial charge in [0.2, 0.25) is 0 Å². The van der Waals surface area contributed by atoms with Crippen molar-refractivity contribution in [3.63, 3.8) is 0 Å². The molecule has 0 saturated carbocycles. The number of carboxylic acids is 1. The Kier molecular flexibility index (Phi) is 22.4. The van der Waals surface area contributed by atoms with Gasteiger partial charge in [0.15, 0.2) is 0 Å². The molecule has 0 aromatic carbocycles. The molecule has 0 rings (SSSR count). The number of unbranched alkanes of at least 4 members (excludes halogenated alkanes) is 19. The van der Waals surface area contributed by atoms with Crippen molar-refractivity contribution in [1.29, 1.82) is 0 Å². The first-order chi connectivity index (χ1) is 15.1. The molecule has 0 amide bonds. The van der Waals surface area contributed by atoms with Gasteiger partial charge in [0.05, 0.1) is 13.0 Å². The molecule has 31 heavy (non-hydrogen) atoms. The number of rotatable bonds is 24. The lowest BCUT2D eigenvalue weighted by atomic mass is 10.0. The molecule has 0 unspecified atom stereocenters. The van der Waals surface area contributed by atoms with Crippen LogP contribution in [0, 0.1) is 0 Å². The van der Waals surface area contributed by atoms with E-state index < -0.39 is 11.9 Å². The van der Waals surface area contributed by atoms with Crippen LogP contribution in [0.1, 0.15) is 142 Å². The summed E-state index contributed by atoms with van der Waals surface area (Å²) in [5, 5.41) is 8.61. The predicted molar refractivity (Wildman–Crippen MR) is 130 cm³/mol. The van der Waals surface area contributed by atoms with Gasteiger partial charge in [-0.05, 0) is 6.42 Å². The SMILES string of the molecule is C=C(CC(=O)O)C(=O)OCCCCCCCCCCCCCCCCCCCCCC. The fourth-order valence-electron chi connectivity index (χ4n) is 3.88. The Morgan fingerprint density at radius 1 is 0.613 bits per heavy atom. The zero-order chi connectivity index (χ0) is 23.0. The quantitative estimate of drug-likeness (QED) is 0.0933. The van der Waals surface area contributed by atoms with Gasteiger partial charge in [-0.25, -0.2) is 4.79 Å². The van der Waals surface area contributed by atoms with Gasteiger partial charge in [0.25, 0.3) is 0 Å². The number of carbonyl (C=O) groups excluding carboxylic acids is 1. The van der Waals surface area contributed by atoms with E-state index >= 15 is 0 Å². The van der Waals surface area contributed by atoms with Crippen molar-refractivity contribution in [2.75, 3.05) is 6.61 Å². The number of aliphatic carboxylic acids is 1. The van der Waals surface area contributed by atoms with Crippen molar-refractivity contribution in [2.45, 2.75) is 142 Å². The Labute approximate surface area is 192 Å². The third kappa shape index (κ3) is 23.2. The molecule has 0 spiro atoms.